The standard InChI is InChI=1S/C87H58N4O2/c1-7-23-65(24-8-1)87(66-25-9-2-10-26-66)75-55-63(59-41-51-79-83(57-59)92-81-37-21-19-35-77(81)90(79)73-47-43-71(44-48-73)88(67-27-11-3-12-28-67)68-29-13-4-14-30-68)53-61-39-40-62-54-64(56-76(87)86(62)85(61)75)60-42-52-80-84(58-60)93-82-38-22-20-36-78(82)91(80)74-49-45-72(46-50-74)89(69-31-15-5-16-32-69)70-33-17-6-18-34-70/h1-58H. The van der Waals surface area contributed by atoms with Gasteiger partial charge in [-0.3, -0.25) is 0 Å². The Labute approximate surface area is 540 Å². The number of hydrogen-bond donors (Lipinski definition) is 0. The molecule has 0 aromatic heterocycles. The maximum atomic E-state index is 6.96. The van der Waals surface area contributed by atoms with Gasteiger partial charge in [-0.1, -0.05) is 182 Å². The molecule has 1 aliphatic carbocycles. The molecule has 0 saturated carbocycles. The molecule has 0 saturated heterocycles. The third kappa shape index (κ3) is 8.86. The summed E-state index contributed by atoms with van der Waals surface area (Å²) in [7, 11) is 0. The van der Waals surface area contributed by atoms with E-state index in [4.69, 9.17) is 9.47 Å². The largest absolute Gasteiger partial charge is 0.453 e. The second-order valence-electron chi connectivity index (χ2n) is 24.0. The van der Waals surface area contributed by atoms with Crippen LogP contribution in [0, 0.1) is 0 Å². The Balaban J connectivity index is 0.740. The first-order valence-electron chi connectivity index (χ1n) is 31.7. The molecule has 0 amide bonds. The van der Waals surface area contributed by atoms with Crippen LogP contribution >= 0.6 is 0 Å². The number of nitrogens with zero attached hydrogens (tertiary/aromatic N) is 4. The van der Waals surface area contributed by atoms with Crippen LogP contribution in [0.5, 0.6) is 23.0 Å². The van der Waals surface area contributed by atoms with Gasteiger partial charge in [0.15, 0.2) is 23.0 Å². The molecule has 0 unspecified atom stereocenters. The highest BCUT2D eigenvalue weighted by molar-refractivity contribution is 6.18. The van der Waals surface area contributed by atoms with Crippen molar-refractivity contribution in [1.82, 2.24) is 0 Å². The minimum absolute atomic E-state index is 0.693. The van der Waals surface area contributed by atoms with E-state index >= 15 is 0 Å². The summed E-state index contributed by atoms with van der Waals surface area (Å²) in [5, 5.41) is 4.91. The first kappa shape index (κ1) is 53.6. The number of para-hydroxylation sites is 8. The van der Waals surface area contributed by atoms with Gasteiger partial charge in [0.1, 0.15) is 0 Å². The van der Waals surface area contributed by atoms with Gasteiger partial charge in [0, 0.05) is 45.5 Å². The summed E-state index contributed by atoms with van der Waals surface area (Å²) >= 11 is 0. The van der Waals surface area contributed by atoms with Crippen molar-refractivity contribution in [2.75, 3.05) is 19.6 Å². The van der Waals surface area contributed by atoms with Gasteiger partial charge in [-0.2, -0.15) is 0 Å². The second-order valence-corrected chi connectivity index (χ2v) is 24.0. The van der Waals surface area contributed by atoms with Crippen LogP contribution in [0.25, 0.3) is 43.8 Å². The highest BCUT2D eigenvalue weighted by atomic mass is 16.5. The zero-order valence-electron chi connectivity index (χ0n) is 50.6. The average molecular weight is 1190 g/mol. The fourth-order valence-electron chi connectivity index (χ4n) is 14.7. The molecule has 18 rings (SSSR count). The normalized spacial score (nSPS) is 12.9. The Morgan fingerprint density at radius 2 is 0.548 bits per heavy atom. The molecule has 438 valence electrons. The van der Waals surface area contributed by atoms with Crippen LogP contribution in [0.1, 0.15) is 22.3 Å². The van der Waals surface area contributed by atoms with E-state index in [9.17, 15) is 0 Å². The third-order valence-electron chi connectivity index (χ3n) is 18.8. The quantitative estimate of drug-likeness (QED) is 0.113. The molecule has 0 bridgehead atoms. The summed E-state index contributed by atoms with van der Waals surface area (Å²) in [6.45, 7) is 0. The van der Waals surface area contributed by atoms with E-state index in [1.165, 1.54) is 43.8 Å². The van der Waals surface area contributed by atoms with Crippen molar-refractivity contribution in [2.45, 2.75) is 5.41 Å². The Morgan fingerprint density at radius 3 is 0.914 bits per heavy atom. The van der Waals surface area contributed by atoms with Gasteiger partial charge in [0.25, 0.3) is 0 Å². The number of hydrogen-bond acceptors (Lipinski definition) is 6. The summed E-state index contributed by atoms with van der Waals surface area (Å²) in [5.74, 6) is 3.17. The number of fused-ring (bicyclic) bond motifs is 4. The van der Waals surface area contributed by atoms with Crippen molar-refractivity contribution < 1.29 is 9.47 Å². The average Bonchev–Trinajstić information content (AvgIpc) is 1.53. The van der Waals surface area contributed by atoms with Crippen LogP contribution in [-0.4, -0.2) is 0 Å². The van der Waals surface area contributed by atoms with E-state index in [2.05, 4.69) is 359 Å². The Bertz CT molecular complexity index is 4910. The monoisotopic (exact) mass is 1190 g/mol. The number of rotatable bonds is 12. The molecule has 15 aromatic carbocycles. The second kappa shape index (κ2) is 22.0. The van der Waals surface area contributed by atoms with E-state index in [1.807, 2.05) is 12.1 Å². The fraction of sp³-hybridized carbons (Fsp3) is 0.0115. The molecular weight excluding hydrogens is 1130 g/mol. The summed E-state index contributed by atoms with van der Waals surface area (Å²) < 4.78 is 13.9. The predicted molar refractivity (Wildman–Crippen MR) is 383 cm³/mol. The lowest BCUT2D eigenvalue weighted by atomic mass is 9.66. The van der Waals surface area contributed by atoms with E-state index in [0.717, 1.165) is 114 Å². The molecule has 2 aliphatic heterocycles. The Morgan fingerprint density at radius 1 is 0.237 bits per heavy atom. The summed E-state index contributed by atoms with van der Waals surface area (Å²) in [6, 6.07) is 127. The minimum atomic E-state index is -0.693. The molecule has 0 radical (unpaired) electrons. The van der Waals surface area contributed by atoms with Crippen LogP contribution in [0.3, 0.4) is 0 Å². The maximum absolute atomic E-state index is 6.96. The number of ether oxygens (including phenoxy) is 2. The van der Waals surface area contributed by atoms with E-state index < -0.39 is 5.41 Å². The molecule has 0 N–H and O–H groups in total. The molecular formula is C87H58N4O2. The zero-order chi connectivity index (χ0) is 61.4. The molecule has 6 nitrogen and oxygen atoms in total. The van der Waals surface area contributed by atoms with Crippen molar-refractivity contribution in [3.63, 3.8) is 0 Å². The summed E-state index contributed by atoms with van der Waals surface area (Å²) in [5.41, 5.74) is 21.0. The number of anilines is 12. The number of benzene rings is 15. The Hall–Kier alpha value is -12.4. The zero-order valence-corrected chi connectivity index (χ0v) is 50.6. The van der Waals surface area contributed by atoms with Crippen LogP contribution in [-0.2, 0) is 5.41 Å². The molecule has 3 aliphatic rings. The van der Waals surface area contributed by atoms with Crippen molar-refractivity contribution >= 4 is 89.8 Å². The SMILES string of the molecule is c1ccc(N(c2ccccc2)c2ccc(N3c4ccccc4Oc4cc(-c5cc6c7c(ccc8cc(-c9ccc%10c(c9)Oc9ccccc9N%10c9ccc(N(c%10ccccc%10)c%10ccccc%10)cc9)cc(c87)C6(c6ccccc6)c6ccccc6)c5)ccc43)cc2)cc1. The highest BCUT2D eigenvalue weighted by Gasteiger charge is 2.46. The third-order valence-corrected chi connectivity index (χ3v) is 18.8. The van der Waals surface area contributed by atoms with E-state index in [-0.39, 0.29) is 0 Å². The molecule has 0 atom stereocenters. The molecule has 93 heavy (non-hydrogen) atoms. The van der Waals surface area contributed by atoms with Gasteiger partial charge in [-0.15, -0.1) is 0 Å². The van der Waals surface area contributed by atoms with Crippen molar-refractivity contribution in [3.8, 4) is 45.3 Å². The van der Waals surface area contributed by atoms with Gasteiger partial charge in [-0.25, -0.2) is 0 Å². The van der Waals surface area contributed by atoms with Gasteiger partial charge < -0.3 is 29.1 Å². The van der Waals surface area contributed by atoms with Gasteiger partial charge >= 0.3 is 0 Å². The van der Waals surface area contributed by atoms with Crippen LogP contribution < -0.4 is 29.1 Å². The van der Waals surface area contributed by atoms with Crippen LogP contribution in [0.4, 0.5) is 68.2 Å². The maximum Gasteiger partial charge on any atom is 0.152 e. The first-order chi connectivity index (χ1) is 46.1. The van der Waals surface area contributed by atoms with Gasteiger partial charge in [-0.05, 0) is 236 Å². The van der Waals surface area contributed by atoms with Crippen molar-refractivity contribution in [1.29, 1.82) is 0 Å². The molecule has 6 heteroatoms. The van der Waals surface area contributed by atoms with E-state index in [0.29, 0.717) is 0 Å². The lowest BCUT2D eigenvalue weighted by molar-refractivity contribution is 0.477. The topological polar surface area (TPSA) is 31.4 Å². The summed E-state index contributed by atoms with van der Waals surface area (Å²) in [6.07, 6.45) is 0. The fourth-order valence-corrected chi connectivity index (χ4v) is 14.7. The van der Waals surface area contributed by atoms with Crippen LogP contribution in [0.15, 0.2) is 352 Å². The highest BCUT2D eigenvalue weighted by Crippen LogP contribution is 2.60. The molecule has 15 aromatic rings. The minimum Gasteiger partial charge on any atom is -0.453 e. The van der Waals surface area contributed by atoms with Gasteiger partial charge in [0.05, 0.1) is 28.2 Å². The van der Waals surface area contributed by atoms with Crippen molar-refractivity contribution in [3.05, 3.63) is 374 Å². The molecule has 2 heterocycles. The van der Waals surface area contributed by atoms with E-state index in [1.54, 1.807) is 0 Å². The molecule has 0 spiro atoms. The van der Waals surface area contributed by atoms with Crippen molar-refractivity contribution in [2.24, 2.45) is 0 Å². The van der Waals surface area contributed by atoms with Gasteiger partial charge in [0.2, 0.25) is 0 Å². The lowest BCUT2D eigenvalue weighted by Gasteiger charge is -2.35. The molecule has 0 fully saturated rings. The smallest absolute Gasteiger partial charge is 0.152 e. The predicted octanol–water partition coefficient (Wildman–Crippen LogP) is 24.1. The summed E-state index contributed by atoms with van der Waals surface area (Å²) in [4.78, 5) is 9.24. The van der Waals surface area contributed by atoms with Crippen LogP contribution in [0.2, 0.25) is 0 Å². The first-order valence-corrected chi connectivity index (χ1v) is 31.7. The Kier molecular flexibility index (Phi) is 12.7. The lowest BCUT2D eigenvalue weighted by Crippen LogP contribution is -2.28.